The van der Waals surface area contributed by atoms with Crippen LogP contribution >= 0.6 is 0 Å². The van der Waals surface area contributed by atoms with Gasteiger partial charge in [-0.15, -0.1) is 6.58 Å². The third kappa shape index (κ3) is 3.78. The molecule has 2 fully saturated rings. The Balaban J connectivity index is 1.54. The predicted molar refractivity (Wildman–Crippen MR) is 131 cm³/mol. The maximum Gasteiger partial charge on any atom is 0.310 e. The molecule has 8 nitrogen and oxygen atoms in total. The summed E-state index contributed by atoms with van der Waals surface area (Å²) in [7, 11) is 1.57. The Bertz CT molecular complexity index is 1210. The molecule has 8 heteroatoms. The molecule has 0 radical (unpaired) electrons. The summed E-state index contributed by atoms with van der Waals surface area (Å²) in [5, 5.41) is 9.94. The molecule has 2 saturated heterocycles. The number of methoxy groups -OCH3 is 1. The van der Waals surface area contributed by atoms with Crippen LogP contribution in [0.4, 0.5) is 0 Å². The highest BCUT2D eigenvalue weighted by molar-refractivity contribution is 5.99. The van der Waals surface area contributed by atoms with E-state index in [1.54, 1.807) is 42.4 Å². The number of aliphatic carboxylic acids is 1. The number of carboxylic acid groups (broad SMARTS) is 1. The summed E-state index contributed by atoms with van der Waals surface area (Å²) in [6.07, 6.45) is 4.31. The molecule has 0 aromatic heterocycles. The Morgan fingerprint density at radius 3 is 2.53 bits per heavy atom. The average molecular weight is 489 g/mol. The fourth-order valence-corrected chi connectivity index (χ4v) is 5.69. The number of carboxylic acids is 1. The number of hydrogen-bond donors (Lipinski definition) is 1. The Kier molecular flexibility index (Phi) is 6.14. The van der Waals surface area contributed by atoms with Gasteiger partial charge in [-0.2, -0.15) is 0 Å². The van der Waals surface area contributed by atoms with Crippen molar-refractivity contribution in [3.63, 3.8) is 0 Å². The van der Waals surface area contributed by atoms with E-state index in [4.69, 9.17) is 9.47 Å². The third-order valence-corrected chi connectivity index (χ3v) is 7.28. The fourth-order valence-electron chi connectivity index (χ4n) is 5.69. The second kappa shape index (κ2) is 9.28. The first-order valence-corrected chi connectivity index (χ1v) is 11.9. The smallest absolute Gasteiger partial charge is 0.310 e. The number of carbonyl (C=O) groups is 3. The van der Waals surface area contributed by atoms with E-state index in [9.17, 15) is 19.5 Å². The van der Waals surface area contributed by atoms with Crippen molar-refractivity contribution in [1.29, 1.82) is 0 Å². The number of nitrogens with zero attached hydrogens (tertiary/aromatic N) is 2. The molecule has 36 heavy (non-hydrogen) atoms. The van der Waals surface area contributed by atoms with Crippen molar-refractivity contribution in [3.05, 3.63) is 90.5 Å². The van der Waals surface area contributed by atoms with Gasteiger partial charge in [0.2, 0.25) is 11.8 Å². The third-order valence-electron chi connectivity index (χ3n) is 7.28. The Hall–Kier alpha value is -3.91. The second-order valence-electron chi connectivity index (χ2n) is 9.35. The number of benzene rings is 2. The number of amides is 2. The normalized spacial score (nSPS) is 27.7. The van der Waals surface area contributed by atoms with Crippen LogP contribution in [0.5, 0.6) is 5.75 Å². The lowest BCUT2D eigenvalue weighted by Gasteiger charge is -2.36. The lowest BCUT2D eigenvalue weighted by atomic mass is 9.74. The van der Waals surface area contributed by atoms with Gasteiger partial charge in [0.25, 0.3) is 0 Å². The lowest BCUT2D eigenvalue weighted by molar-refractivity contribution is -0.150. The molecule has 3 heterocycles. The van der Waals surface area contributed by atoms with Crippen molar-refractivity contribution in [3.8, 4) is 5.75 Å². The summed E-state index contributed by atoms with van der Waals surface area (Å²) >= 11 is 0. The fraction of sp³-hybridized carbons (Fsp3) is 0.321. The molecule has 3 aliphatic heterocycles. The Morgan fingerprint density at radius 1 is 1.17 bits per heavy atom. The van der Waals surface area contributed by atoms with Crippen molar-refractivity contribution in [2.24, 2.45) is 11.8 Å². The molecule has 1 spiro atoms. The Morgan fingerprint density at radius 2 is 1.89 bits per heavy atom. The number of hydrogen-bond acceptors (Lipinski definition) is 5. The van der Waals surface area contributed by atoms with Crippen LogP contribution in [0.1, 0.15) is 11.1 Å². The van der Waals surface area contributed by atoms with Gasteiger partial charge in [-0.3, -0.25) is 14.4 Å². The van der Waals surface area contributed by atoms with Gasteiger partial charge in [-0.1, -0.05) is 60.7 Å². The van der Waals surface area contributed by atoms with Crippen molar-refractivity contribution in [2.75, 3.05) is 13.7 Å². The van der Waals surface area contributed by atoms with Crippen molar-refractivity contribution >= 4 is 17.8 Å². The molecular formula is C28H28N2O6. The van der Waals surface area contributed by atoms with E-state index in [-0.39, 0.29) is 24.9 Å². The van der Waals surface area contributed by atoms with Gasteiger partial charge in [0, 0.05) is 19.6 Å². The molecule has 186 valence electrons. The number of rotatable bonds is 9. The highest BCUT2D eigenvalue weighted by Crippen LogP contribution is 2.55. The van der Waals surface area contributed by atoms with Gasteiger partial charge in [0.1, 0.15) is 23.3 Å². The van der Waals surface area contributed by atoms with Crippen LogP contribution in [-0.2, 0) is 32.2 Å². The molecule has 0 saturated carbocycles. The van der Waals surface area contributed by atoms with Crippen LogP contribution in [-0.4, -0.2) is 64.1 Å². The minimum Gasteiger partial charge on any atom is -0.497 e. The van der Waals surface area contributed by atoms with Gasteiger partial charge in [-0.25, -0.2) is 0 Å². The van der Waals surface area contributed by atoms with Crippen LogP contribution in [0.15, 0.2) is 79.4 Å². The predicted octanol–water partition coefficient (Wildman–Crippen LogP) is 2.65. The van der Waals surface area contributed by atoms with Gasteiger partial charge in [0.15, 0.2) is 0 Å². The highest BCUT2D eigenvalue weighted by Gasteiger charge is 2.73. The second-order valence-corrected chi connectivity index (χ2v) is 9.35. The summed E-state index contributed by atoms with van der Waals surface area (Å²) in [5.74, 6) is -3.14. The summed E-state index contributed by atoms with van der Waals surface area (Å²) in [6.45, 7) is 4.54. The largest absolute Gasteiger partial charge is 0.497 e. The molecule has 2 unspecified atom stereocenters. The minimum absolute atomic E-state index is 0.138. The van der Waals surface area contributed by atoms with E-state index < -0.39 is 35.6 Å². The van der Waals surface area contributed by atoms with Gasteiger partial charge >= 0.3 is 5.97 Å². The lowest BCUT2D eigenvalue weighted by Crippen LogP contribution is -2.55. The van der Waals surface area contributed by atoms with Crippen molar-refractivity contribution in [1.82, 2.24) is 9.80 Å². The van der Waals surface area contributed by atoms with Crippen molar-refractivity contribution in [2.45, 2.75) is 30.8 Å². The quantitative estimate of drug-likeness (QED) is 0.546. The monoisotopic (exact) mass is 488 g/mol. The molecule has 2 bridgehead atoms. The van der Waals surface area contributed by atoms with E-state index >= 15 is 0 Å². The number of fused-ring (bicyclic) bond motifs is 1. The van der Waals surface area contributed by atoms with E-state index in [1.165, 1.54) is 4.90 Å². The molecule has 1 N–H and O–H groups in total. The maximum atomic E-state index is 14.2. The average Bonchev–Trinajstić information content (AvgIpc) is 3.52. The van der Waals surface area contributed by atoms with Crippen molar-refractivity contribution < 1.29 is 29.0 Å². The zero-order chi connectivity index (χ0) is 25.4. The maximum absolute atomic E-state index is 14.2. The molecule has 5 rings (SSSR count). The van der Waals surface area contributed by atoms with E-state index in [0.717, 1.165) is 11.1 Å². The number of likely N-dealkylation sites (tertiary alicyclic amines) is 1. The van der Waals surface area contributed by atoms with Crippen LogP contribution in [0.3, 0.4) is 0 Å². The number of ether oxygens (including phenoxy) is 2. The first-order valence-electron chi connectivity index (χ1n) is 11.9. The van der Waals surface area contributed by atoms with Crippen LogP contribution < -0.4 is 4.74 Å². The SMILES string of the molecule is C=CCN(Cc1ccccc1)C(=O)[C@H]1N(Cc2ccc(OC)cc2)C(=O)[C@@H]2[C@@H](C(=O)O)C3C=CC21O3. The summed E-state index contributed by atoms with van der Waals surface area (Å²) in [6, 6.07) is 15.8. The molecular weight excluding hydrogens is 460 g/mol. The first kappa shape index (κ1) is 23.8. The van der Waals surface area contributed by atoms with E-state index in [0.29, 0.717) is 12.3 Å². The van der Waals surface area contributed by atoms with Crippen LogP contribution in [0, 0.1) is 11.8 Å². The first-order chi connectivity index (χ1) is 17.4. The number of carbonyl (C=O) groups excluding carboxylic acids is 2. The van der Waals surface area contributed by atoms with Gasteiger partial charge in [0.05, 0.1) is 19.1 Å². The summed E-state index contributed by atoms with van der Waals surface area (Å²) in [5.41, 5.74) is 0.398. The molecule has 2 amide bonds. The zero-order valence-electron chi connectivity index (χ0n) is 19.9. The standard InChI is InChI=1S/C28H28N2O6/c1-3-15-29(16-18-7-5-4-6-8-18)26(32)24-28-14-13-21(36-28)22(27(33)34)23(28)25(31)30(24)17-19-9-11-20(35-2)12-10-19/h3-14,21-24H,1,15-17H2,2H3,(H,33,34)/t21?,22-,23-,24+,28?/m0/s1. The Labute approximate surface area is 209 Å². The summed E-state index contributed by atoms with van der Waals surface area (Å²) in [4.78, 5) is 43.3. The topological polar surface area (TPSA) is 96.4 Å². The van der Waals surface area contributed by atoms with E-state index in [2.05, 4.69) is 6.58 Å². The van der Waals surface area contributed by atoms with Gasteiger partial charge < -0.3 is 24.4 Å². The molecule has 3 aliphatic rings. The molecule has 5 atom stereocenters. The molecule has 0 aliphatic carbocycles. The molecule has 2 aromatic rings. The zero-order valence-corrected chi connectivity index (χ0v) is 19.9. The van der Waals surface area contributed by atoms with Gasteiger partial charge in [-0.05, 0) is 23.3 Å². The van der Waals surface area contributed by atoms with Crippen LogP contribution in [0.25, 0.3) is 0 Å². The molecule has 2 aromatic carbocycles. The summed E-state index contributed by atoms with van der Waals surface area (Å²) < 4.78 is 11.4. The van der Waals surface area contributed by atoms with E-state index in [1.807, 2.05) is 42.5 Å². The van der Waals surface area contributed by atoms with Crippen LogP contribution in [0.2, 0.25) is 0 Å². The minimum atomic E-state index is -1.33. The highest BCUT2D eigenvalue weighted by atomic mass is 16.5.